The second-order valence-electron chi connectivity index (χ2n) is 6.97. The van der Waals surface area contributed by atoms with E-state index in [0.717, 1.165) is 31.6 Å². The van der Waals surface area contributed by atoms with Gasteiger partial charge in [-0.25, -0.2) is 4.73 Å². The summed E-state index contributed by atoms with van der Waals surface area (Å²) in [5.74, 6) is 1.00. The van der Waals surface area contributed by atoms with Crippen LogP contribution < -0.4 is 14.8 Å². The molecule has 28 heavy (non-hydrogen) atoms. The third kappa shape index (κ3) is 5.82. The molecular formula is C20H26N4O4. The van der Waals surface area contributed by atoms with Gasteiger partial charge in [0.1, 0.15) is 18.0 Å². The Kier molecular flexibility index (Phi) is 7.02. The molecule has 150 valence electrons. The maximum Gasteiger partial charge on any atom is 0.284 e. The van der Waals surface area contributed by atoms with E-state index in [0.29, 0.717) is 24.3 Å². The molecule has 0 aliphatic carbocycles. The topological polar surface area (TPSA) is 94.6 Å². The predicted molar refractivity (Wildman–Crippen MR) is 106 cm³/mol. The first-order valence-corrected chi connectivity index (χ1v) is 9.67. The van der Waals surface area contributed by atoms with E-state index in [1.165, 1.54) is 37.0 Å². The Bertz CT molecular complexity index is 794. The number of aromatic nitrogens is 1. The monoisotopic (exact) mass is 386 g/mol. The number of piperidine rings is 1. The van der Waals surface area contributed by atoms with Crippen molar-refractivity contribution in [2.45, 2.75) is 32.2 Å². The van der Waals surface area contributed by atoms with Crippen molar-refractivity contribution >= 4 is 11.5 Å². The summed E-state index contributed by atoms with van der Waals surface area (Å²) in [5, 5.41) is 25.4. The molecule has 1 N–H and O–H groups in total. The van der Waals surface area contributed by atoms with Gasteiger partial charge in [-0.3, -0.25) is 20.3 Å². The summed E-state index contributed by atoms with van der Waals surface area (Å²) in [7, 11) is 0. The van der Waals surface area contributed by atoms with Crippen LogP contribution in [0.4, 0.5) is 11.5 Å². The van der Waals surface area contributed by atoms with Crippen LogP contribution >= 0.6 is 0 Å². The normalized spacial score (nSPS) is 14.6. The molecule has 0 amide bonds. The number of rotatable bonds is 9. The number of pyridine rings is 1. The second-order valence-corrected chi connectivity index (χ2v) is 6.97. The number of likely N-dealkylation sites (tertiary alicyclic amines) is 1. The molecule has 0 saturated carbocycles. The van der Waals surface area contributed by atoms with Gasteiger partial charge in [0.2, 0.25) is 0 Å². The number of nitro groups is 1. The Labute approximate surface area is 164 Å². The fourth-order valence-electron chi connectivity index (χ4n) is 3.31. The molecule has 1 saturated heterocycles. The molecule has 8 heteroatoms. The summed E-state index contributed by atoms with van der Waals surface area (Å²) in [6.45, 7) is 4.25. The first-order chi connectivity index (χ1) is 13.6. The third-order valence-corrected chi connectivity index (χ3v) is 4.76. The fourth-order valence-corrected chi connectivity index (χ4v) is 3.31. The number of hydrogen-bond donors (Lipinski definition) is 1. The molecule has 1 aromatic heterocycles. The van der Waals surface area contributed by atoms with Crippen molar-refractivity contribution in [2.75, 3.05) is 31.6 Å². The first-order valence-electron chi connectivity index (χ1n) is 9.67. The van der Waals surface area contributed by atoms with Crippen LogP contribution in [0.1, 0.15) is 31.2 Å². The van der Waals surface area contributed by atoms with E-state index in [4.69, 9.17) is 4.74 Å². The van der Waals surface area contributed by atoms with Crippen molar-refractivity contribution in [1.29, 1.82) is 0 Å². The number of nitrogens with zero attached hydrogens (tertiary/aromatic N) is 3. The zero-order valence-corrected chi connectivity index (χ0v) is 15.9. The van der Waals surface area contributed by atoms with Gasteiger partial charge >= 0.3 is 0 Å². The molecule has 0 bridgehead atoms. The Morgan fingerprint density at radius 2 is 2.00 bits per heavy atom. The van der Waals surface area contributed by atoms with Crippen LogP contribution in [-0.2, 0) is 6.54 Å². The molecule has 1 fully saturated rings. The lowest BCUT2D eigenvalue weighted by Gasteiger charge is -2.26. The Hall–Kier alpha value is -2.87. The minimum atomic E-state index is -0.523. The maximum absolute atomic E-state index is 11.7. The highest BCUT2D eigenvalue weighted by Gasteiger charge is 2.13. The van der Waals surface area contributed by atoms with Gasteiger partial charge < -0.3 is 9.94 Å². The summed E-state index contributed by atoms with van der Waals surface area (Å²) in [6, 6.07) is 10.6. The molecule has 0 spiro atoms. The van der Waals surface area contributed by atoms with Gasteiger partial charge in [-0.15, -0.1) is 0 Å². The van der Waals surface area contributed by atoms with Gasteiger partial charge in [0.05, 0.1) is 24.1 Å². The molecule has 2 heterocycles. The number of hydrogen-bond acceptors (Lipinski definition) is 6. The SMILES string of the molecule is O=[N+]([O-])c1cc[n+]([O-])c(NCCCOc2cccc(CN3CCCCC3)c2)c1. The first kappa shape index (κ1) is 19.9. The molecule has 0 unspecified atom stereocenters. The van der Waals surface area contributed by atoms with Crippen LogP contribution in [0.2, 0.25) is 0 Å². The van der Waals surface area contributed by atoms with Crippen molar-refractivity contribution < 1.29 is 14.4 Å². The summed E-state index contributed by atoms with van der Waals surface area (Å²) in [4.78, 5) is 12.7. The minimum absolute atomic E-state index is 0.114. The quantitative estimate of drug-likeness (QED) is 0.234. The van der Waals surface area contributed by atoms with Crippen LogP contribution in [0.15, 0.2) is 42.6 Å². The van der Waals surface area contributed by atoms with E-state index in [2.05, 4.69) is 22.3 Å². The Morgan fingerprint density at radius 3 is 2.79 bits per heavy atom. The van der Waals surface area contributed by atoms with Gasteiger partial charge in [-0.1, -0.05) is 18.6 Å². The number of ether oxygens (including phenoxy) is 1. The molecule has 2 aromatic rings. The standard InChI is InChI=1S/C20H26N4O4/c25-23-12-8-18(24(26)27)15-20(23)21-9-5-13-28-19-7-4-6-17(14-19)16-22-10-2-1-3-11-22/h4,6-8,12,14-15,21H,1-3,5,9-11,13,16H2. The molecule has 0 radical (unpaired) electrons. The molecule has 1 aliphatic rings. The van der Waals surface area contributed by atoms with Gasteiger partial charge in [0.25, 0.3) is 11.5 Å². The molecular weight excluding hydrogens is 360 g/mol. The third-order valence-electron chi connectivity index (χ3n) is 4.76. The Morgan fingerprint density at radius 1 is 1.18 bits per heavy atom. The van der Waals surface area contributed by atoms with Crippen molar-refractivity contribution in [3.63, 3.8) is 0 Å². The van der Waals surface area contributed by atoms with E-state index < -0.39 is 4.92 Å². The molecule has 1 aliphatic heterocycles. The van der Waals surface area contributed by atoms with E-state index in [1.54, 1.807) is 0 Å². The molecule has 8 nitrogen and oxygen atoms in total. The summed E-state index contributed by atoms with van der Waals surface area (Å²) in [5.41, 5.74) is 1.14. The summed E-state index contributed by atoms with van der Waals surface area (Å²) < 4.78 is 6.40. The fraction of sp³-hybridized carbons (Fsp3) is 0.450. The van der Waals surface area contributed by atoms with Gasteiger partial charge in [0, 0.05) is 13.0 Å². The lowest BCUT2D eigenvalue weighted by Crippen LogP contribution is -2.30. The number of benzene rings is 1. The average Bonchev–Trinajstić information content (AvgIpc) is 2.70. The highest BCUT2D eigenvalue weighted by Crippen LogP contribution is 2.18. The zero-order valence-electron chi connectivity index (χ0n) is 15.9. The van der Waals surface area contributed by atoms with Gasteiger partial charge in [-0.2, -0.15) is 0 Å². The van der Waals surface area contributed by atoms with Crippen molar-refractivity contribution in [3.8, 4) is 5.75 Å². The van der Waals surface area contributed by atoms with Crippen LogP contribution in [0.25, 0.3) is 0 Å². The maximum atomic E-state index is 11.7. The minimum Gasteiger partial charge on any atom is -0.711 e. The predicted octanol–water partition coefficient (Wildman–Crippen LogP) is 3.10. The van der Waals surface area contributed by atoms with Crippen molar-refractivity contribution in [1.82, 2.24) is 4.90 Å². The Balaban J connectivity index is 1.42. The summed E-state index contributed by atoms with van der Waals surface area (Å²) in [6.07, 6.45) is 5.68. The van der Waals surface area contributed by atoms with Crippen molar-refractivity contribution in [3.05, 3.63) is 63.5 Å². The molecule has 1 aromatic carbocycles. The smallest absolute Gasteiger partial charge is 0.284 e. The van der Waals surface area contributed by atoms with Crippen LogP contribution in [0, 0.1) is 15.3 Å². The highest BCUT2D eigenvalue weighted by atomic mass is 16.6. The van der Waals surface area contributed by atoms with E-state index in [1.807, 2.05) is 12.1 Å². The summed E-state index contributed by atoms with van der Waals surface area (Å²) >= 11 is 0. The van der Waals surface area contributed by atoms with Gasteiger partial charge in [-0.05, 0) is 43.6 Å². The largest absolute Gasteiger partial charge is 0.711 e. The zero-order chi connectivity index (χ0) is 19.8. The van der Waals surface area contributed by atoms with E-state index in [9.17, 15) is 15.3 Å². The number of nitrogens with one attached hydrogen (secondary N) is 1. The van der Waals surface area contributed by atoms with E-state index >= 15 is 0 Å². The lowest BCUT2D eigenvalue weighted by molar-refractivity contribution is -0.591. The number of anilines is 1. The molecule has 3 rings (SSSR count). The van der Waals surface area contributed by atoms with Crippen LogP contribution in [0.3, 0.4) is 0 Å². The average molecular weight is 386 g/mol. The van der Waals surface area contributed by atoms with Crippen molar-refractivity contribution in [2.24, 2.45) is 0 Å². The molecule has 0 atom stereocenters. The lowest BCUT2D eigenvalue weighted by atomic mass is 10.1. The van der Waals surface area contributed by atoms with Crippen LogP contribution in [-0.4, -0.2) is 36.1 Å². The van der Waals surface area contributed by atoms with Gasteiger partial charge in [0.15, 0.2) is 0 Å². The van der Waals surface area contributed by atoms with E-state index in [-0.39, 0.29) is 11.5 Å². The van der Waals surface area contributed by atoms with Crippen LogP contribution in [0.5, 0.6) is 5.75 Å². The second kappa shape index (κ2) is 9.89. The highest BCUT2D eigenvalue weighted by molar-refractivity contribution is 5.40.